The second kappa shape index (κ2) is 9.12. The Labute approximate surface area is 210 Å². The number of benzene rings is 4. The minimum atomic E-state index is -0.0697. The molecular weight excluding hydrogens is 456 g/mol. The molecule has 2 aliphatic rings. The topological polar surface area (TPSA) is 41.6 Å². The molecule has 0 aromatic heterocycles. The van der Waals surface area contributed by atoms with Crippen LogP contribution >= 0.6 is 11.6 Å². The number of halogens is 1. The molecule has 0 spiro atoms. The van der Waals surface area contributed by atoms with Crippen molar-refractivity contribution < 1.29 is 9.53 Å². The number of hydrogen-bond donors (Lipinski definition) is 1. The molecule has 0 bridgehead atoms. The second-order valence-corrected chi connectivity index (χ2v) is 9.49. The molecule has 174 valence electrons. The van der Waals surface area contributed by atoms with E-state index in [1.54, 1.807) is 0 Å². The standard InChI is InChI=1S/C30H25ClN2O2/c31-23-16-17-28-26(19-23)33-18-6-10-25(29(33)24-9-4-5-11-27(24)35-28)32-30(34)22-14-12-21(13-15-22)20-7-2-1-3-8-20/h1-5,7-9,11-17,19,25,29H,6,10,18H2,(H,32,34)/t25-,29-/m1/s1. The number of fused-ring (bicyclic) bond motifs is 5. The summed E-state index contributed by atoms with van der Waals surface area (Å²) in [7, 11) is 0. The van der Waals surface area contributed by atoms with Gasteiger partial charge in [-0.3, -0.25) is 4.79 Å². The van der Waals surface area contributed by atoms with E-state index in [0.717, 1.165) is 53.3 Å². The lowest BCUT2D eigenvalue weighted by Crippen LogP contribution is -2.50. The minimum Gasteiger partial charge on any atom is -0.455 e. The van der Waals surface area contributed by atoms with Gasteiger partial charge in [0.2, 0.25) is 0 Å². The van der Waals surface area contributed by atoms with Crippen molar-refractivity contribution >= 4 is 23.2 Å². The fourth-order valence-corrected chi connectivity index (χ4v) is 5.40. The van der Waals surface area contributed by atoms with Crippen LogP contribution in [0.25, 0.3) is 11.1 Å². The quantitative estimate of drug-likeness (QED) is 0.335. The molecule has 0 radical (unpaired) electrons. The molecule has 2 heterocycles. The summed E-state index contributed by atoms with van der Waals surface area (Å²) in [5.41, 5.74) is 4.92. The smallest absolute Gasteiger partial charge is 0.251 e. The van der Waals surface area contributed by atoms with Crippen molar-refractivity contribution in [2.45, 2.75) is 24.9 Å². The third-order valence-electron chi connectivity index (χ3n) is 6.89. The minimum absolute atomic E-state index is 0.0489. The first-order valence-electron chi connectivity index (χ1n) is 12.0. The fourth-order valence-electron chi connectivity index (χ4n) is 5.24. The van der Waals surface area contributed by atoms with E-state index in [-0.39, 0.29) is 18.0 Å². The second-order valence-electron chi connectivity index (χ2n) is 9.06. The van der Waals surface area contributed by atoms with Gasteiger partial charge in [-0.2, -0.15) is 0 Å². The van der Waals surface area contributed by atoms with Gasteiger partial charge in [0.25, 0.3) is 5.91 Å². The molecule has 4 aromatic rings. The number of carbonyl (C=O) groups is 1. The van der Waals surface area contributed by atoms with Crippen LogP contribution in [0.15, 0.2) is 97.1 Å². The number of nitrogens with zero attached hydrogens (tertiary/aromatic N) is 1. The van der Waals surface area contributed by atoms with Gasteiger partial charge in [-0.15, -0.1) is 0 Å². The number of piperidine rings is 1. The Morgan fingerprint density at radius 3 is 2.43 bits per heavy atom. The van der Waals surface area contributed by atoms with Crippen LogP contribution in [0.2, 0.25) is 5.02 Å². The summed E-state index contributed by atoms with van der Waals surface area (Å²) in [6, 6.07) is 31.7. The summed E-state index contributed by atoms with van der Waals surface area (Å²) in [6.07, 6.45) is 1.85. The number of carbonyl (C=O) groups excluding carboxylic acids is 1. The molecule has 0 unspecified atom stereocenters. The van der Waals surface area contributed by atoms with E-state index >= 15 is 0 Å². The summed E-state index contributed by atoms with van der Waals surface area (Å²) in [5, 5.41) is 4.01. The largest absolute Gasteiger partial charge is 0.455 e. The Morgan fingerprint density at radius 1 is 0.857 bits per heavy atom. The van der Waals surface area contributed by atoms with Crippen molar-refractivity contribution in [2.75, 3.05) is 11.4 Å². The SMILES string of the molecule is O=C(N[C@@H]1CCCN2c3cc(Cl)ccc3Oc3ccccc3[C@H]12)c1ccc(-c2ccccc2)cc1. The molecule has 2 atom stereocenters. The normalized spacial score (nSPS) is 18.4. The number of hydrogen-bond acceptors (Lipinski definition) is 3. The number of para-hydroxylation sites is 1. The Kier molecular flexibility index (Phi) is 5.67. The predicted octanol–water partition coefficient (Wildman–Crippen LogP) is 7.25. The number of ether oxygens (including phenoxy) is 1. The lowest BCUT2D eigenvalue weighted by Gasteiger charge is -2.42. The molecule has 0 saturated carbocycles. The zero-order valence-electron chi connectivity index (χ0n) is 19.2. The van der Waals surface area contributed by atoms with Crippen molar-refractivity contribution in [1.82, 2.24) is 5.32 Å². The van der Waals surface area contributed by atoms with Crippen LogP contribution < -0.4 is 15.0 Å². The van der Waals surface area contributed by atoms with Crippen molar-refractivity contribution in [3.8, 4) is 22.6 Å². The van der Waals surface area contributed by atoms with Crippen molar-refractivity contribution in [1.29, 1.82) is 0 Å². The van der Waals surface area contributed by atoms with Gasteiger partial charge >= 0.3 is 0 Å². The number of anilines is 1. The molecular formula is C30H25ClN2O2. The number of nitrogens with one attached hydrogen (secondary N) is 1. The van der Waals surface area contributed by atoms with E-state index in [4.69, 9.17) is 16.3 Å². The highest BCUT2D eigenvalue weighted by Crippen LogP contribution is 2.48. The average Bonchev–Trinajstić information content (AvgIpc) is 3.04. The average molecular weight is 481 g/mol. The zero-order chi connectivity index (χ0) is 23.8. The first-order chi connectivity index (χ1) is 17.2. The van der Waals surface area contributed by atoms with Crippen molar-refractivity contribution in [2.24, 2.45) is 0 Å². The molecule has 1 fully saturated rings. The lowest BCUT2D eigenvalue weighted by atomic mass is 9.89. The summed E-state index contributed by atoms with van der Waals surface area (Å²) in [4.78, 5) is 15.7. The van der Waals surface area contributed by atoms with Crippen LogP contribution in [0.1, 0.15) is 34.8 Å². The molecule has 1 saturated heterocycles. The Bertz CT molecular complexity index is 1370. The van der Waals surface area contributed by atoms with Crippen LogP contribution in [0.3, 0.4) is 0 Å². The Morgan fingerprint density at radius 2 is 1.60 bits per heavy atom. The molecule has 5 heteroatoms. The van der Waals surface area contributed by atoms with Gasteiger partial charge in [0.15, 0.2) is 5.75 Å². The highest BCUT2D eigenvalue weighted by molar-refractivity contribution is 6.31. The summed E-state index contributed by atoms with van der Waals surface area (Å²) in [5.74, 6) is 1.54. The third kappa shape index (κ3) is 4.15. The van der Waals surface area contributed by atoms with Crippen LogP contribution in [-0.4, -0.2) is 18.5 Å². The van der Waals surface area contributed by atoms with Crippen molar-refractivity contribution in [3.05, 3.63) is 113 Å². The van der Waals surface area contributed by atoms with Crippen LogP contribution in [0.4, 0.5) is 5.69 Å². The van der Waals surface area contributed by atoms with Gasteiger partial charge in [-0.1, -0.05) is 72.3 Å². The molecule has 2 aliphatic heterocycles. The lowest BCUT2D eigenvalue weighted by molar-refractivity contribution is 0.0923. The molecule has 6 rings (SSSR count). The maximum absolute atomic E-state index is 13.4. The van der Waals surface area contributed by atoms with E-state index in [0.29, 0.717) is 10.6 Å². The highest BCUT2D eigenvalue weighted by Gasteiger charge is 2.38. The van der Waals surface area contributed by atoms with Crippen LogP contribution in [0, 0.1) is 0 Å². The molecule has 4 aromatic carbocycles. The summed E-state index contributed by atoms with van der Waals surface area (Å²) < 4.78 is 6.33. The Balaban J connectivity index is 1.31. The first-order valence-corrected chi connectivity index (χ1v) is 12.3. The summed E-state index contributed by atoms with van der Waals surface area (Å²) in [6.45, 7) is 0.869. The molecule has 1 N–H and O–H groups in total. The van der Waals surface area contributed by atoms with E-state index in [2.05, 4.69) is 28.4 Å². The van der Waals surface area contributed by atoms with E-state index in [9.17, 15) is 4.79 Å². The molecule has 35 heavy (non-hydrogen) atoms. The monoisotopic (exact) mass is 480 g/mol. The van der Waals surface area contributed by atoms with E-state index in [1.165, 1.54) is 0 Å². The predicted molar refractivity (Wildman–Crippen MR) is 140 cm³/mol. The molecule has 1 amide bonds. The van der Waals surface area contributed by atoms with E-state index < -0.39 is 0 Å². The van der Waals surface area contributed by atoms with Gasteiger partial charge < -0.3 is 15.0 Å². The first kappa shape index (κ1) is 21.8. The van der Waals surface area contributed by atoms with Crippen LogP contribution in [-0.2, 0) is 0 Å². The van der Waals surface area contributed by atoms with Gasteiger partial charge in [-0.25, -0.2) is 0 Å². The van der Waals surface area contributed by atoms with Gasteiger partial charge in [0, 0.05) is 22.7 Å². The third-order valence-corrected chi connectivity index (χ3v) is 7.12. The fraction of sp³-hybridized carbons (Fsp3) is 0.167. The molecule has 4 nitrogen and oxygen atoms in total. The highest BCUT2D eigenvalue weighted by atomic mass is 35.5. The maximum Gasteiger partial charge on any atom is 0.251 e. The summed E-state index contributed by atoms with van der Waals surface area (Å²) >= 11 is 6.38. The van der Waals surface area contributed by atoms with Gasteiger partial charge in [0.05, 0.1) is 17.8 Å². The number of amides is 1. The van der Waals surface area contributed by atoms with E-state index in [1.807, 2.05) is 78.9 Å². The maximum atomic E-state index is 13.4. The molecule has 0 aliphatic carbocycles. The van der Waals surface area contributed by atoms with Gasteiger partial charge in [-0.05, 0) is 60.4 Å². The number of rotatable bonds is 3. The van der Waals surface area contributed by atoms with Crippen molar-refractivity contribution in [3.63, 3.8) is 0 Å². The Hall–Kier alpha value is -3.76. The van der Waals surface area contributed by atoms with Crippen LogP contribution in [0.5, 0.6) is 11.5 Å². The van der Waals surface area contributed by atoms with Gasteiger partial charge in [0.1, 0.15) is 5.75 Å². The zero-order valence-corrected chi connectivity index (χ0v) is 19.9.